The minimum Gasteiger partial charge on any atom is -0.321 e. The topological polar surface area (TPSA) is 96.9 Å². The summed E-state index contributed by atoms with van der Waals surface area (Å²) in [6.45, 7) is 1.43. The Morgan fingerprint density at radius 3 is 2.77 bits per heavy atom. The third-order valence-corrected chi connectivity index (χ3v) is 3.66. The maximum absolute atomic E-state index is 12.0. The summed E-state index contributed by atoms with van der Waals surface area (Å²) >= 11 is 1.34. The van der Waals surface area contributed by atoms with Gasteiger partial charge in [0.15, 0.2) is 5.13 Å². The Bertz CT molecular complexity index is 847. The van der Waals surface area contributed by atoms with Gasteiger partial charge < -0.3 is 10.6 Å². The lowest BCUT2D eigenvalue weighted by Gasteiger charge is -2.03. The summed E-state index contributed by atoms with van der Waals surface area (Å²) in [7, 11) is 0. The highest BCUT2D eigenvalue weighted by molar-refractivity contribution is 7.22. The molecule has 0 aliphatic heterocycles. The van der Waals surface area contributed by atoms with Gasteiger partial charge in [0.25, 0.3) is 5.91 Å². The molecule has 0 radical (unpaired) electrons. The fourth-order valence-electron chi connectivity index (χ4n) is 1.82. The Labute approximate surface area is 129 Å². The average molecular weight is 313 g/mol. The van der Waals surface area contributed by atoms with E-state index < -0.39 is 0 Å². The van der Waals surface area contributed by atoms with Gasteiger partial charge in [-0.3, -0.25) is 14.6 Å². The van der Waals surface area contributed by atoms with Crippen molar-refractivity contribution in [3.63, 3.8) is 0 Å². The number of hydrogen-bond donors (Lipinski definition) is 2. The Hall–Kier alpha value is -2.87. The van der Waals surface area contributed by atoms with Gasteiger partial charge in [-0.1, -0.05) is 11.3 Å². The molecule has 110 valence electrons. The number of nitrogens with one attached hydrogen (secondary N) is 2. The Morgan fingerprint density at radius 1 is 1.18 bits per heavy atom. The van der Waals surface area contributed by atoms with E-state index in [2.05, 4.69) is 25.6 Å². The predicted octanol–water partition coefficient (Wildman–Crippen LogP) is 2.30. The van der Waals surface area contributed by atoms with E-state index in [0.29, 0.717) is 10.8 Å². The highest BCUT2D eigenvalue weighted by Gasteiger charge is 2.10. The third kappa shape index (κ3) is 3.07. The second-order valence-corrected chi connectivity index (χ2v) is 5.46. The number of nitrogens with zero attached hydrogens (tertiary/aromatic N) is 3. The van der Waals surface area contributed by atoms with E-state index in [0.717, 1.165) is 10.2 Å². The first-order valence-electron chi connectivity index (χ1n) is 6.37. The molecule has 3 aromatic rings. The number of fused-ring (bicyclic) bond motifs is 1. The standard InChI is InChI=1S/C14H11N5O2S/c1-8(20)17-14-19-10-3-2-9(6-12(10)22-14)18-13(21)11-7-15-4-5-16-11/h2-7H,1H3,(H,18,21)(H,17,19,20). The average Bonchev–Trinajstić information content (AvgIpc) is 2.88. The molecule has 0 fully saturated rings. The second-order valence-electron chi connectivity index (χ2n) is 4.43. The highest BCUT2D eigenvalue weighted by atomic mass is 32.1. The van der Waals surface area contributed by atoms with Crippen molar-refractivity contribution < 1.29 is 9.59 Å². The molecule has 1 aromatic carbocycles. The minimum atomic E-state index is -0.334. The van der Waals surface area contributed by atoms with Crippen LogP contribution in [0.1, 0.15) is 17.4 Å². The van der Waals surface area contributed by atoms with Crippen LogP contribution in [0.4, 0.5) is 10.8 Å². The third-order valence-electron chi connectivity index (χ3n) is 2.73. The van der Waals surface area contributed by atoms with Gasteiger partial charge in [0, 0.05) is 25.0 Å². The summed E-state index contributed by atoms with van der Waals surface area (Å²) < 4.78 is 0.862. The highest BCUT2D eigenvalue weighted by Crippen LogP contribution is 2.28. The fraction of sp³-hybridized carbons (Fsp3) is 0.0714. The van der Waals surface area contributed by atoms with Crippen molar-refractivity contribution in [3.05, 3.63) is 42.5 Å². The molecule has 2 heterocycles. The van der Waals surface area contributed by atoms with Gasteiger partial charge in [0.05, 0.1) is 16.4 Å². The molecule has 0 bridgehead atoms. The van der Waals surface area contributed by atoms with Crippen molar-refractivity contribution in [1.82, 2.24) is 15.0 Å². The smallest absolute Gasteiger partial charge is 0.275 e. The SMILES string of the molecule is CC(=O)Nc1nc2ccc(NC(=O)c3cnccn3)cc2s1. The van der Waals surface area contributed by atoms with Crippen LogP contribution < -0.4 is 10.6 Å². The normalized spacial score (nSPS) is 10.4. The number of rotatable bonds is 3. The first-order chi connectivity index (χ1) is 10.6. The lowest BCUT2D eigenvalue weighted by Crippen LogP contribution is -2.13. The molecule has 0 unspecified atom stereocenters. The molecular weight excluding hydrogens is 302 g/mol. The van der Waals surface area contributed by atoms with Crippen molar-refractivity contribution in [2.45, 2.75) is 6.92 Å². The summed E-state index contributed by atoms with van der Waals surface area (Å²) in [5.41, 5.74) is 1.62. The molecule has 7 nitrogen and oxygen atoms in total. The van der Waals surface area contributed by atoms with Crippen molar-refractivity contribution in [2.24, 2.45) is 0 Å². The van der Waals surface area contributed by atoms with E-state index in [4.69, 9.17) is 0 Å². The van der Waals surface area contributed by atoms with Crippen LogP contribution in [-0.2, 0) is 4.79 Å². The Balaban J connectivity index is 1.82. The molecule has 0 saturated heterocycles. The van der Waals surface area contributed by atoms with Crippen LogP contribution in [-0.4, -0.2) is 26.8 Å². The Kier molecular flexibility index (Phi) is 3.75. The van der Waals surface area contributed by atoms with Crippen molar-refractivity contribution in [1.29, 1.82) is 0 Å². The molecule has 0 atom stereocenters. The molecule has 3 rings (SSSR count). The zero-order valence-electron chi connectivity index (χ0n) is 11.5. The summed E-state index contributed by atoms with van der Waals surface area (Å²) in [6.07, 6.45) is 4.36. The number of aromatic nitrogens is 3. The van der Waals surface area contributed by atoms with Gasteiger partial charge in [0.1, 0.15) is 5.69 Å². The van der Waals surface area contributed by atoms with Crippen molar-refractivity contribution in [3.8, 4) is 0 Å². The molecule has 0 spiro atoms. The molecule has 8 heteroatoms. The molecule has 2 aromatic heterocycles. The Morgan fingerprint density at radius 2 is 2.05 bits per heavy atom. The molecule has 2 N–H and O–H groups in total. The minimum absolute atomic E-state index is 0.171. The molecule has 0 saturated carbocycles. The molecule has 2 amide bonds. The monoisotopic (exact) mass is 313 g/mol. The van der Waals surface area contributed by atoms with Crippen LogP contribution in [0.15, 0.2) is 36.8 Å². The van der Waals surface area contributed by atoms with E-state index in [1.807, 2.05) is 0 Å². The zero-order valence-corrected chi connectivity index (χ0v) is 12.3. The summed E-state index contributed by atoms with van der Waals surface area (Å²) in [4.78, 5) is 35.1. The van der Waals surface area contributed by atoms with Gasteiger partial charge in [-0.05, 0) is 18.2 Å². The van der Waals surface area contributed by atoms with Gasteiger partial charge >= 0.3 is 0 Å². The van der Waals surface area contributed by atoms with E-state index in [1.54, 1.807) is 18.2 Å². The number of benzene rings is 1. The number of carbonyl (C=O) groups excluding carboxylic acids is 2. The van der Waals surface area contributed by atoms with Gasteiger partial charge in [-0.2, -0.15) is 0 Å². The number of thiazole rings is 1. The molecule has 0 aliphatic rings. The number of anilines is 2. The van der Waals surface area contributed by atoms with Crippen LogP contribution in [0, 0.1) is 0 Å². The van der Waals surface area contributed by atoms with Crippen LogP contribution in [0.25, 0.3) is 10.2 Å². The van der Waals surface area contributed by atoms with E-state index in [9.17, 15) is 9.59 Å². The number of carbonyl (C=O) groups is 2. The van der Waals surface area contributed by atoms with Crippen LogP contribution in [0.5, 0.6) is 0 Å². The van der Waals surface area contributed by atoms with Gasteiger partial charge in [-0.15, -0.1) is 0 Å². The number of amides is 2. The lowest BCUT2D eigenvalue weighted by molar-refractivity contribution is -0.114. The first kappa shape index (κ1) is 14.1. The predicted molar refractivity (Wildman–Crippen MR) is 83.9 cm³/mol. The van der Waals surface area contributed by atoms with Crippen LogP contribution in [0.2, 0.25) is 0 Å². The van der Waals surface area contributed by atoms with Crippen LogP contribution in [0.3, 0.4) is 0 Å². The second kappa shape index (κ2) is 5.86. The van der Waals surface area contributed by atoms with Crippen molar-refractivity contribution in [2.75, 3.05) is 10.6 Å². The molecule has 22 heavy (non-hydrogen) atoms. The van der Waals surface area contributed by atoms with Crippen LogP contribution >= 0.6 is 11.3 Å². The maximum Gasteiger partial charge on any atom is 0.275 e. The van der Waals surface area contributed by atoms with E-state index in [1.165, 1.54) is 36.9 Å². The summed E-state index contributed by atoms with van der Waals surface area (Å²) in [5, 5.41) is 5.92. The molecular formula is C14H11N5O2S. The van der Waals surface area contributed by atoms with E-state index >= 15 is 0 Å². The van der Waals surface area contributed by atoms with E-state index in [-0.39, 0.29) is 17.5 Å². The maximum atomic E-state index is 12.0. The largest absolute Gasteiger partial charge is 0.321 e. The van der Waals surface area contributed by atoms with Gasteiger partial charge in [0.2, 0.25) is 5.91 Å². The zero-order chi connectivity index (χ0) is 15.5. The quantitative estimate of drug-likeness (QED) is 0.773. The fourth-order valence-corrected chi connectivity index (χ4v) is 2.77. The van der Waals surface area contributed by atoms with Crippen molar-refractivity contribution >= 4 is 44.2 Å². The summed E-state index contributed by atoms with van der Waals surface area (Å²) in [6, 6.07) is 5.32. The van der Waals surface area contributed by atoms with Gasteiger partial charge in [-0.25, -0.2) is 9.97 Å². The lowest BCUT2D eigenvalue weighted by atomic mass is 10.3. The first-order valence-corrected chi connectivity index (χ1v) is 7.19. The molecule has 0 aliphatic carbocycles. The number of hydrogen-bond acceptors (Lipinski definition) is 6. The summed E-state index contributed by atoms with van der Waals surface area (Å²) in [5.74, 6) is -0.505.